The van der Waals surface area contributed by atoms with Crippen molar-refractivity contribution >= 4 is 11.9 Å². The van der Waals surface area contributed by atoms with E-state index in [0.717, 1.165) is 38.4 Å². The van der Waals surface area contributed by atoms with Crippen molar-refractivity contribution in [2.24, 2.45) is 0 Å². The van der Waals surface area contributed by atoms with Crippen LogP contribution in [-0.2, 0) is 11.3 Å². The highest BCUT2D eigenvalue weighted by Gasteiger charge is 2.29. The van der Waals surface area contributed by atoms with Gasteiger partial charge in [-0.05, 0) is 42.7 Å². The highest BCUT2D eigenvalue weighted by atomic mass is 16.5. The summed E-state index contributed by atoms with van der Waals surface area (Å²) in [5, 5.41) is 16.4. The lowest BCUT2D eigenvalue weighted by atomic mass is 10.1. The number of rotatable bonds is 8. The number of amides is 3. The average molecular weight is 497 g/mol. The third-order valence-electron chi connectivity index (χ3n) is 6.60. The number of likely N-dealkylation sites (tertiary alicyclic amines) is 1. The summed E-state index contributed by atoms with van der Waals surface area (Å²) in [4.78, 5) is 29.6. The molecule has 9 nitrogen and oxygen atoms in total. The zero-order valence-corrected chi connectivity index (χ0v) is 20.6. The molecule has 2 aromatic carbocycles. The lowest BCUT2D eigenvalue weighted by Crippen LogP contribution is -2.51. The fourth-order valence-electron chi connectivity index (χ4n) is 4.43. The molecule has 0 spiro atoms. The molecule has 4 rings (SSSR count). The number of nitrogens with one attached hydrogen (secondary N) is 2. The lowest BCUT2D eigenvalue weighted by Gasteiger charge is -2.27. The molecule has 3 amide bonds. The Morgan fingerprint density at radius 3 is 2.53 bits per heavy atom. The van der Waals surface area contributed by atoms with Crippen LogP contribution in [0, 0.1) is 0 Å². The van der Waals surface area contributed by atoms with Crippen LogP contribution >= 0.6 is 0 Å². The molecule has 9 heteroatoms. The van der Waals surface area contributed by atoms with Gasteiger partial charge in [0.05, 0.1) is 25.4 Å². The van der Waals surface area contributed by atoms with Crippen molar-refractivity contribution in [2.75, 3.05) is 52.5 Å². The second-order valence-electron chi connectivity index (χ2n) is 9.21. The van der Waals surface area contributed by atoms with Crippen LogP contribution < -0.4 is 15.4 Å². The predicted molar refractivity (Wildman–Crippen MR) is 136 cm³/mol. The topological polar surface area (TPSA) is 103 Å². The summed E-state index contributed by atoms with van der Waals surface area (Å²) < 4.78 is 11.2. The van der Waals surface area contributed by atoms with Crippen LogP contribution in [0.2, 0.25) is 0 Å². The van der Waals surface area contributed by atoms with E-state index < -0.39 is 12.1 Å². The third kappa shape index (κ3) is 7.68. The summed E-state index contributed by atoms with van der Waals surface area (Å²) in [6.07, 6.45) is 0.468. The molecule has 0 aliphatic carbocycles. The van der Waals surface area contributed by atoms with Gasteiger partial charge in [0.15, 0.2) is 0 Å². The number of benzene rings is 2. The number of aliphatic hydroxyl groups excluding tert-OH is 1. The minimum absolute atomic E-state index is 0.203. The lowest BCUT2D eigenvalue weighted by molar-refractivity contribution is 0.0322. The van der Waals surface area contributed by atoms with E-state index in [1.807, 2.05) is 30.3 Å². The van der Waals surface area contributed by atoms with Crippen LogP contribution in [-0.4, -0.2) is 91.5 Å². The molecular formula is C27H36N4O5. The van der Waals surface area contributed by atoms with E-state index in [4.69, 9.17) is 9.47 Å². The maximum atomic E-state index is 12.9. The maximum absolute atomic E-state index is 12.9. The quantitative estimate of drug-likeness (QED) is 0.516. The van der Waals surface area contributed by atoms with Crippen LogP contribution in [0.5, 0.6) is 5.75 Å². The van der Waals surface area contributed by atoms with E-state index in [0.29, 0.717) is 43.9 Å². The molecule has 36 heavy (non-hydrogen) atoms. The minimum Gasteiger partial charge on any atom is -0.492 e. The molecule has 2 unspecified atom stereocenters. The van der Waals surface area contributed by atoms with Gasteiger partial charge in [-0.15, -0.1) is 0 Å². The molecule has 2 saturated heterocycles. The van der Waals surface area contributed by atoms with Crippen LogP contribution in [0.4, 0.5) is 4.79 Å². The minimum atomic E-state index is -0.719. The summed E-state index contributed by atoms with van der Waals surface area (Å²) in [5.41, 5.74) is 1.49. The molecule has 2 fully saturated rings. The van der Waals surface area contributed by atoms with Crippen molar-refractivity contribution in [1.29, 1.82) is 0 Å². The number of urea groups is 1. The van der Waals surface area contributed by atoms with Crippen molar-refractivity contribution in [3.8, 4) is 5.75 Å². The molecule has 2 aliphatic heterocycles. The van der Waals surface area contributed by atoms with E-state index in [-0.39, 0.29) is 18.5 Å². The van der Waals surface area contributed by atoms with Crippen molar-refractivity contribution in [1.82, 2.24) is 20.4 Å². The van der Waals surface area contributed by atoms with Gasteiger partial charge in [0.2, 0.25) is 0 Å². The second-order valence-corrected chi connectivity index (χ2v) is 9.21. The molecule has 2 aromatic rings. The Labute approximate surface area is 212 Å². The number of morpholine rings is 1. The van der Waals surface area contributed by atoms with Crippen LogP contribution in [0.15, 0.2) is 54.6 Å². The monoisotopic (exact) mass is 496 g/mol. The van der Waals surface area contributed by atoms with Gasteiger partial charge in [0.25, 0.3) is 5.91 Å². The van der Waals surface area contributed by atoms with Crippen molar-refractivity contribution in [3.63, 3.8) is 0 Å². The molecule has 2 aliphatic rings. The zero-order chi connectivity index (χ0) is 25.2. The normalized spacial score (nSPS) is 20.9. The average Bonchev–Trinajstić information content (AvgIpc) is 3.10. The fourth-order valence-corrected chi connectivity index (χ4v) is 4.43. The Hall–Kier alpha value is -3.14. The van der Waals surface area contributed by atoms with E-state index in [1.54, 1.807) is 29.2 Å². The van der Waals surface area contributed by atoms with Crippen LogP contribution in [0.1, 0.15) is 28.8 Å². The number of carbonyl (C=O) groups is 2. The van der Waals surface area contributed by atoms with Crippen molar-refractivity contribution in [2.45, 2.75) is 31.5 Å². The van der Waals surface area contributed by atoms with E-state index in [2.05, 4.69) is 15.5 Å². The Morgan fingerprint density at radius 2 is 1.78 bits per heavy atom. The Kier molecular flexibility index (Phi) is 9.54. The van der Waals surface area contributed by atoms with Gasteiger partial charge in [0, 0.05) is 44.8 Å². The van der Waals surface area contributed by atoms with Crippen molar-refractivity contribution < 1.29 is 24.2 Å². The summed E-state index contributed by atoms with van der Waals surface area (Å²) in [7, 11) is 0. The second kappa shape index (κ2) is 13.2. The number of hydrogen-bond donors (Lipinski definition) is 3. The summed E-state index contributed by atoms with van der Waals surface area (Å²) >= 11 is 0. The van der Waals surface area contributed by atoms with Gasteiger partial charge in [0.1, 0.15) is 12.4 Å². The highest BCUT2D eigenvalue weighted by molar-refractivity contribution is 5.94. The van der Waals surface area contributed by atoms with E-state index in [1.165, 1.54) is 0 Å². The van der Waals surface area contributed by atoms with E-state index in [9.17, 15) is 14.7 Å². The molecule has 3 N–H and O–H groups in total. The molecule has 2 atom stereocenters. The van der Waals surface area contributed by atoms with Gasteiger partial charge >= 0.3 is 6.03 Å². The van der Waals surface area contributed by atoms with Gasteiger partial charge in [-0.3, -0.25) is 9.69 Å². The number of nitrogens with zero attached hydrogens (tertiary/aromatic N) is 2. The molecule has 0 bridgehead atoms. The molecule has 194 valence electrons. The van der Waals surface area contributed by atoms with Gasteiger partial charge in [-0.1, -0.05) is 30.3 Å². The molecule has 2 heterocycles. The number of hydrogen-bond acceptors (Lipinski definition) is 6. The van der Waals surface area contributed by atoms with Crippen LogP contribution in [0.3, 0.4) is 0 Å². The van der Waals surface area contributed by atoms with Gasteiger partial charge < -0.3 is 30.1 Å². The standard InChI is InChI=1S/C27H36N4O5/c32-25-7-4-12-31(27(34)28-19-21-5-2-1-3-6-21)20-24(25)29-26(33)22-8-10-23(11-9-22)36-18-15-30-13-16-35-17-14-30/h1-3,5-6,8-11,24-25,32H,4,7,12-20H2,(H,28,34)(H,29,33). The summed E-state index contributed by atoms with van der Waals surface area (Å²) in [6, 6.07) is 15.9. The summed E-state index contributed by atoms with van der Waals surface area (Å²) in [5.74, 6) is 0.418. The summed E-state index contributed by atoms with van der Waals surface area (Å²) in [6.45, 7) is 5.96. The fraction of sp³-hybridized carbons (Fsp3) is 0.481. The molecular weight excluding hydrogens is 460 g/mol. The first-order chi connectivity index (χ1) is 17.6. The van der Waals surface area contributed by atoms with E-state index >= 15 is 0 Å². The molecule has 0 saturated carbocycles. The largest absolute Gasteiger partial charge is 0.492 e. The zero-order valence-electron chi connectivity index (χ0n) is 20.6. The SMILES string of the molecule is O=C(NC1CN(C(=O)NCc2ccccc2)CCCC1O)c1ccc(OCCN2CCOCC2)cc1. The number of carbonyl (C=O) groups excluding carboxylic acids is 2. The molecule has 0 aromatic heterocycles. The highest BCUT2D eigenvalue weighted by Crippen LogP contribution is 2.15. The first-order valence-corrected chi connectivity index (χ1v) is 12.7. The molecule has 0 radical (unpaired) electrons. The Morgan fingerprint density at radius 1 is 1.03 bits per heavy atom. The Bertz CT molecular complexity index is 966. The first-order valence-electron chi connectivity index (χ1n) is 12.7. The third-order valence-corrected chi connectivity index (χ3v) is 6.60. The number of aliphatic hydroxyl groups is 1. The first kappa shape index (κ1) is 25.9. The van der Waals surface area contributed by atoms with Gasteiger partial charge in [-0.2, -0.15) is 0 Å². The number of ether oxygens (including phenoxy) is 2. The maximum Gasteiger partial charge on any atom is 0.317 e. The van der Waals surface area contributed by atoms with Gasteiger partial charge in [-0.25, -0.2) is 4.79 Å². The smallest absolute Gasteiger partial charge is 0.317 e. The van der Waals surface area contributed by atoms with Crippen LogP contribution in [0.25, 0.3) is 0 Å². The Balaban J connectivity index is 1.26. The predicted octanol–water partition coefficient (Wildman–Crippen LogP) is 1.86. The van der Waals surface area contributed by atoms with Crippen molar-refractivity contribution in [3.05, 3.63) is 65.7 Å².